The summed E-state index contributed by atoms with van der Waals surface area (Å²) in [5, 5.41) is 11.1. The van der Waals surface area contributed by atoms with Crippen LogP contribution in [0.2, 0.25) is 0 Å². The minimum Gasteiger partial charge on any atom is -0.480 e. The Morgan fingerprint density at radius 2 is 1.38 bits per heavy atom. The van der Waals surface area contributed by atoms with Gasteiger partial charge < -0.3 is 10.4 Å². The molecule has 0 aliphatic rings. The number of hydrogen-bond donors (Lipinski definition) is 2. The molecule has 4 nitrogen and oxygen atoms in total. The first-order valence-electron chi connectivity index (χ1n) is 7.85. The second-order valence-corrected chi connectivity index (χ2v) is 5.99. The van der Waals surface area contributed by atoms with Gasteiger partial charge in [-0.3, -0.25) is 4.79 Å². The van der Waals surface area contributed by atoms with Crippen LogP contribution in [0.1, 0.15) is 27.0 Å². The van der Waals surface area contributed by atoms with Gasteiger partial charge in [-0.15, -0.1) is 0 Å². The van der Waals surface area contributed by atoms with Gasteiger partial charge in [-0.2, -0.15) is 26.3 Å². The van der Waals surface area contributed by atoms with Gasteiger partial charge in [0.15, 0.2) is 0 Å². The highest BCUT2D eigenvalue weighted by molar-refractivity contribution is 5.97. The highest BCUT2D eigenvalue weighted by Gasteiger charge is 2.37. The van der Waals surface area contributed by atoms with Crippen molar-refractivity contribution in [3.63, 3.8) is 0 Å². The molecule has 0 saturated heterocycles. The second-order valence-electron chi connectivity index (χ2n) is 5.99. The minimum absolute atomic E-state index is 0.149. The molecule has 2 N–H and O–H groups in total. The minimum atomic E-state index is -5.16. The number of hydrogen-bond acceptors (Lipinski definition) is 2. The summed E-state index contributed by atoms with van der Waals surface area (Å²) in [7, 11) is 0. The van der Waals surface area contributed by atoms with E-state index in [0.717, 1.165) is 12.1 Å². The Kier molecular flexibility index (Phi) is 6.19. The van der Waals surface area contributed by atoms with E-state index < -0.39 is 52.8 Å². The summed E-state index contributed by atoms with van der Waals surface area (Å²) >= 11 is 0. The number of carboxylic acid groups (broad SMARTS) is 1. The molecule has 1 atom stereocenters. The molecule has 0 bridgehead atoms. The van der Waals surface area contributed by atoms with Crippen LogP contribution >= 0.6 is 0 Å². The lowest BCUT2D eigenvalue weighted by atomic mass is 10.0. The summed E-state index contributed by atoms with van der Waals surface area (Å²) in [6.07, 6.45) is -10.7. The zero-order valence-corrected chi connectivity index (χ0v) is 14.2. The fourth-order valence-corrected chi connectivity index (χ4v) is 2.38. The van der Waals surface area contributed by atoms with Crippen molar-refractivity contribution in [2.75, 3.05) is 0 Å². The topological polar surface area (TPSA) is 66.4 Å². The highest BCUT2D eigenvalue weighted by atomic mass is 19.4. The van der Waals surface area contributed by atoms with Crippen molar-refractivity contribution in [3.8, 4) is 0 Å². The van der Waals surface area contributed by atoms with Crippen molar-refractivity contribution in [1.29, 1.82) is 0 Å². The number of nitrogens with one attached hydrogen (secondary N) is 1. The Balaban J connectivity index is 2.33. The van der Waals surface area contributed by atoms with E-state index in [1.54, 1.807) is 0 Å². The third kappa shape index (κ3) is 5.93. The van der Waals surface area contributed by atoms with Crippen LogP contribution in [0.4, 0.5) is 30.7 Å². The van der Waals surface area contributed by atoms with Gasteiger partial charge in [0.05, 0.1) is 11.1 Å². The second kappa shape index (κ2) is 8.10. The van der Waals surface area contributed by atoms with Crippen LogP contribution in [0.5, 0.6) is 0 Å². The lowest BCUT2D eigenvalue weighted by Gasteiger charge is -2.17. The van der Waals surface area contributed by atoms with Crippen LogP contribution in [0, 0.1) is 5.82 Å². The summed E-state index contributed by atoms with van der Waals surface area (Å²) in [5.41, 5.74) is -4.14. The number of benzene rings is 2. The molecular weight excluding hydrogens is 411 g/mol. The molecule has 0 aromatic heterocycles. The molecule has 11 heteroatoms. The van der Waals surface area contributed by atoms with E-state index in [-0.39, 0.29) is 30.2 Å². The molecule has 0 aliphatic carbocycles. The molecule has 0 spiro atoms. The van der Waals surface area contributed by atoms with Gasteiger partial charge in [0.2, 0.25) is 0 Å². The van der Waals surface area contributed by atoms with Crippen molar-refractivity contribution in [1.82, 2.24) is 5.32 Å². The third-order valence-electron chi connectivity index (χ3n) is 3.81. The standard InChI is InChI=1S/C18H12F7NO3/c19-13-3-1-9(2-4-13)5-14(16(28)29)26-15(27)10-6-11(17(20,21)22)8-12(7-10)18(23,24)25/h1-4,6-8,14H,5H2,(H,26,27)(H,28,29)/t14-/m0/s1. The SMILES string of the molecule is O=C(N[C@@H](Cc1ccc(F)cc1)C(=O)O)c1cc(C(F)(F)F)cc(C(F)(F)F)c1. The average Bonchev–Trinajstić information content (AvgIpc) is 2.61. The summed E-state index contributed by atoms with van der Waals surface area (Å²) in [6.45, 7) is 0. The fourth-order valence-electron chi connectivity index (χ4n) is 2.38. The van der Waals surface area contributed by atoms with E-state index in [1.165, 1.54) is 12.1 Å². The molecule has 2 aromatic rings. The molecule has 0 aliphatic heterocycles. The van der Waals surface area contributed by atoms with Crippen molar-refractivity contribution < 1.29 is 45.4 Å². The molecule has 2 aromatic carbocycles. The number of rotatable bonds is 5. The number of halogens is 7. The zero-order valence-electron chi connectivity index (χ0n) is 14.2. The Morgan fingerprint density at radius 1 is 0.897 bits per heavy atom. The normalized spacial score (nSPS) is 13.1. The predicted octanol–water partition coefficient (Wildman–Crippen LogP) is 4.29. The molecule has 29 heavy (non-hydrogen) atoms. The molecule has 156 valence electrons. The van der Waals surface area contributed by atoms with E-state index >= 15 is 0 Å². The lowest BCUT2D eigenvalue weighted by molar-refractivity contribution is -0.143. The molecule has 2 rings (SSSR count). The van der Waals surface area contributed by atoms with E-state index in [4.69, 9.17) is 0 Å². The van der Waals surface area contributed by atoms with Crippen LogP contribution < -0.4 is 5.32 Å². The Labute approximate surface area is 159 Å². The summed E-state index contributed by atoms with van der Waals surface area (Å²) in [4.78, 5) is 23.5. The van der Waals surface area contributed by atoms with Gasteiger partial charge in [-0.25, -0.2) is 9.18 Å². The zero-order chi connectivity index (χ0) is 22.0. The first kappa shape index (κ1) is 22.2. The maximum absolute atomic E-state index is 12.9. The quantitative estimate of drug-likeness (QED) is 0.706. The van der Waals surface area contributed by atoms with Crippen molar-refractivity contribution in [2.24, 2.45) is 0 Å². The number of carboxylic acids is 1. The summed E-state index contributed by atoms with van der Waals surface area (Å²) < 4.78 is 90.2. The van der Waals surface area contributed by atoms with Crippen LogP contribution in [-0.2, 0) is 23.6 Å². The smallest absolute Gasteiger partial charge is 0.416 e. The van der Waals surface area contributed by atoms with E-state index in [9.17, 15) is 45.4 Å². The van der Waals surface area contributed by atoms with Gasteiger partial charge >= 0.3 is 18.3 Å². The molecule has 1 amide bonds. The molecule has 0 heterocycles. The highest BCUT2D eigenvalue weighted by Crippen LogP contribution is 2.36. The number of carbonyl (C=O) groups is 2. The predicted molar refractivity (Wildman–Crippen MR) is 85.4 cm³/mol. The Hall–Kier alpha value is -3.11. The van der Waals surface area contributed by atoms with E-state index in [1.807, 2.05) is 5.32 Å². The van der Waals surface area contributed by atoms with Gasteiger partial charge in [-0.1, -0.05) is 12.1 Å². The van der Waals surface area contributed by atoms with Crippen LogP contribution in [0.3, 0.4) is 0 Å². The first-order chi connectivity index (χ1) is 13.3. The summed E-state index contributed by atoms with van der Waals surface area (Å²) in [6, 6.07) is 3.08. The fraction of sp³-hybridized carbons (Fsp3) is 0.222. The number of aliphatic carboxylic acids is 1. The molecule has 0 fully saturated rings. The van der Waals surface area contributed by atoms with Gasteiger partial charge in [-0.05, 0) is 35.9 Å². The third-order valence-corrected chi connectivity index (χ3v) is 3.81. The Bertz CT molecular complexity index is 873. The maximum atomic E-state index is 12.9. The molecular formula is C18H12F7NO3. The van der Waals surface area contributed by atoms with Crippen molar-refractivity contribution >= 4 is 11.9 Å². The molecule has 0 radical (unpaired) electrons. The van der Waals surface area contributed by atoms with Gasteiger partial charge in [0, 0.05) is 12.0 Å². The Morgan fingerprint density at radius 3 is 1.79 bits per heavy atom. The largest absolute Gasteiger partial charge is 0.480 e. The van der Waals surface area contributed by atoms with Crippen molar-refractivity contribution in [3.05, 3.63) is 70.5 Å². The van der Waals surface area contributed by atoms with Crippen LogP contribution in [0.15, 0.2) is 42.5 Å². The first-order valence-corrected chi connectivity index (χ1v) is 7.85. The maximum Gasteiger partial charge on any atom is 0.416 e. The van der Waals surface area contributed by atoms with Gasteiger partial charge in [0.25, 0.3) is 5.91 Å². The lowest BCUT2D eigenvalue weighted by Crippen LogP contribution is -2.42. The molecule has 0 saturated carbocycles. The van der Waals surface area contributed by atoms with Crippen LogP contribution in [0.25, 0.3) is 0 Å². The van der Waals surface area contributed by atoms with E-state index in [0.29, 0.717) is 0 Å². The number of carbonyl (C=O) groups excluding carboxylic acids is 1. The van der Waals surface area contributed by atoms with E-state index in [2.05, 4.69) is 0 Å². The average molecular weight is 423 g/mol. The number of amides is 1. The van der Waals surface area contributed by atoms with Crippen LogP contribution in [-0.4, -0.2) is 23.0 Å². The number of alkyl halides is 6. The van der Waals surface area contributed by atoms with Gasteiger partial charge in [0.1, 0.15) is 11.9 Å². The monoisotopic (exact) mass is 423 g/mol. The summed E-state index contributed by atoms with van der Waals surface area (Å²) in [5.74, 6) is -3.62. The molecule has 0 unspecified atom stereocenters. The van der Waals surface area contributed by atoms with Crippen molar-refractivity contribution in [2.45, 2.75) is 24.8 Å².